The molecule has 0 saturated carbocycles. The average Bonchev–Trinajstić information content (AvgIpc) is 3.35. The molecule has 1 saturated heterocycles. The summed E-state index contributed by atoms with van der Waals surface area (Å²) < 4.78 is 10.5. The maximum atomic E-state index is 13.0. The molecular weight excluding hydrogens is 378 g/mol. The van der Waals surface area contributed by atoms with Gasteiger partial charge in [0.05, 0.1) is 24.9 Å². The molecule has 150 valence electrons. The maximum Gasteiger partial charge on any atom is 0.254 e. The van der Waals surface area contributed by atoms with Gasteiger partial charge in [0.15, 0.2) is 11.5 Å². The average molecular weight is 404 g/mol. The minimum Gasteiger partial charge on any atom is -0.493 e. The number of hydrogen-bond acceptors (Lipinski definition) is 6. The molecular formula is C20H25N3O4S. The monoisotopic (exact) mass is 403 g/mol. The minimum absolute atomic E-state index is 0.113. The molecule has 0 spiro atoms. The molecule has 0 bridgehead atoms. The number of ether oxygens (including phenoxy) is 2. The Kier molecular flexibility index (Phi) is 6.51. The highest BCUT2D eigenvalue weighted by molar-refractivity contribution is 7.09. The Balaban J connectivity index is 1.63. The van der Waals surface area contributed by atoms with Crippen molar-refractivity contribution >= 4 is 23.2 Å². The Bertz CT molecular complexity index is 852. The largest absolute Gasteiger partial charge is 0.493 e. The van der Waals surface area contributed by atoms with Crippen LogP contribution in [0.1, 0.15) is 33.9 Å². The van der Waals surface area contributed by atoms with Gasteiger partial charge in [-0.3, -0.25) is 9.59 Å². The van der Waals surface area contributed by atoms with Gasteiger partial charge in [-0.15, -0.1) is 11.3 Å². The molecule has 8 heteroatoms. The van der Waals surface area contributed by atoms with Crippen LogP contribution in [-0.4, -0.2) is 55.0 Å². The van der Waals surface area contributed by atoms with Crippen LogP contribution in [0, 0.1) is 6.92 Å². The lowest BCUT2D eigenvalue weighted by molar-refractivity contribution is -0.124. The fourth-order valence-corrected chi connectivity index (χ4v) is 4.02. The summed E-state index contributed by atoms with van der Waals surface area (Å²) in [5, 5.41) is 5.97. The quantitative estimate of drug-likeness (QED) is 0.768. The highest BCUT2D eigenvalue weighted by Crippen LogP contribution is 2.29. The van der Waals surface area contributed by atoms with Gasteiger partial charge in [-0.1, -0.05) is 0 Å². The van der Waals surface area contributed by atoms with Gasteiger partial charge in [0.2, 0.25) is 5.91 Å². The second kappa shape index (κ2) is 9.05. The molecule has 28 heavy (non-hydrogen) atoms. The first-order valence-electron chi connectivity index (χ1n) is 9.25. The number of nitrogens with zero attached hydrogens (tertiary/aromatic N) is 2. The van der Waals surface area contributed by atoms with Gasteiger partial charge in [0.1, 0.15) is 6.04 Å². The van der Waals surface area contributed by atoms with Gasteiger partial charge in [-0.2, -0.15) is 0 Å². The van der Waals surface area contributed by atoms with Crippen molar-refractivity contribution in [3.63, 3.8) is 0 Å². The van der Waals surface area contributed by atoms with Crippen molar-refractivity contribution in [1.29, 1.82) is 0 Å². The normalized spacial score (nSPS) is 16.1. The fourth-order valence-electron chi connectivity index (χ4n) is 3.37. The molecule has 7 nitrogen and oxygen atoms in total. The van der Waals surface area contributed by atoms with Crippen LogP contribution >= 0.6 is 11.3 Å². The topological polar surface area (TPSA) is 80.8 Å². The van der Waals surface area contributed by atoms with Crippen molar-refractivity contribution in [3.8, 4) is 11.5 Å². The summed E-state index contributed by atoms with van der Waals surface area (Å²) in [6.07, 6.45) is 2.16. The van der Waals surface area contributed by atoms with Gasteiger partial charge in [-0.05, 0) is 38.0 Å². The van der Waals surface area contributed by atoms with E-state index in [0.717, 1.165) is 17.1 Å². The van der Waals surface area contributed by atoms with Crippen LogP contribution in [0.25, 0.3) is 0 Å². The van der Waals surface area contributed by atoms with Gasteiger partial charge < -0.3 is 19.7 Å². The second-order valence-electron chi connectivity index (χ2n) is 6.63. The van der Waals surface area contributed by atoms with E-state index < -0.39 is 6.04 Å². The zero-order valence-electron chi connectivity index (χ0n) is 16.4. The highest BCUT2D eigenvalue weighted by atomic mass is 32.1. The number of methoxy groups -OCH3 is 2. The van der Waals surface area contributed by atoms with Gasteiger partial charge in [0.25, 0.3) is 5.91 Å². The van der Waals surface area contributed by atoms with Crippen LogP contribution < -0.4 is 14.8 Å². The number of nitrogens with one attached hydrogen (secondary N) is 1. The first-order valence-corrected chi connectivity index (χ1v) is 10.1. The molecule has 2 heterocycles. The first-order chi connectivity index (χ1) is 13.5. The third kappa shape index (κ3) is 4.44. The van der Waals surface area contributed by atoms with Crippen molar-refractivity contribution in [1.82, 2.24) is 15.2 Å². The standard InChI is InChI=1S/C20H25N3O4S/c1-13-22-15(12-28-13)8-9-21-19(24)16-5-4-10-23(16)20(25)14-6-7-17(26-2)18(11-14)27-3/h6-7,11-12,16H,4-5,8-10H2,1-3H3,(H,21,24)/t16-/m1/s1. The molecule has 1 aromatic heterocycles. The number of aryl methyl sites for hydroxylation is 1. The van der Waals surface area contributed by atoms with Crippen LogP contribution in [0.5, 0.6) is 11.5 Å². The molecule has 0 unspecified atom stereocenters. The molecule has 1 aliphatic rings. The molecule has 1 aromatic carbocycles. The third-order valence-electron chi connectivity index (χ3n) is 4.79. The van der Waals surface area contributed by atoms with E-state index in [2.05, 4.69) is 10.3 Å². The second-order valence-corrected chi connectivity index (χ2v) is 7.69. The predicted octanol–water partition coefficient (Wildman–Crippen LogP) is 2.43. The number of amides is 2. The van der Waals surface area contributed by atoms with Crippen LogP contribution in [0.15, 0.2) is 23.6 Å². The number of hydrogen-bond donors (Lipinski definition) is 1. The maximum absolute atomic E-state index is 13.0. The van der Waals surface area contributed by atoms with Crippen LogP contribution in [0.2, 0.25) is 0 Å². The van der Waals surface area contributed by atoms with E-state index in [-0.39, 0.29) is 11.8 Å². The van der Waals surface area contributed by atoms with Crippen molar-refractivity contribution < 1.29 is 19.1 Å². The smallest absolute Gasteiger partial charge is 0.254 e. The number of benzene rings is 1. The Morgan fingerprint density at radius 3 is 2.75 bits per heavy atom. The predicted molar refractivity (Wildman–Crippen MR) is 107 cm³/mol. The van der Waals surface area contributed by atoms with Gasteiger partial charge in [0, 0.05) is 30.5 Å². The summed E-state index contributed by atoms with van der Waals surface area (Å²) in [5.41, 5.74) is 1.46. The summed E-state index contributed by atoms with van der Waals surface area (Å²) in [5.74, 6) is 0.770. The summed E-state index contributed by atoms with van der Waals surface area (Å²) in [6.45, 7) is 3.04. The lowest BCUT2D eigenvalue weighted by Crippen LogP contribution is -2.46. The fraction of sp³-hybridized carbons (Fsp3) is 0.450. The van der Waals surface area contributed by atoms with Crippen LogP contribution in [0.3, 0.4) is 0 Å². The molecule has 0 radical (unpaired) electrons. The van der Waals surface area contributed by atoms with Crippen molar-refractivity contribution in [2.24, 2.45) is 0 Å². The number of aromatic nitrogens is 1. The van der Waals surface area contributed by atoms with Crippen molar-refractivity contribution in [2.75, 3.05) is 27.3 Å². The number of thiazole rings is 1. The zero-order valence-corrected chi connectivity index (χ0v) is 17.2. The van der Waals surface area contributed by atoms with Crippen LogP contribution in [0.4, 0.5) is 0 Å². The third-order valence-corrected chi connectivity index (χ3v) is 5.62. The lowest BCUT2D eigenvalue weighted by Gasteiger charge is -2.24. The molecule has 1 fully saturated rings. The summed E-state index contributed by atoms with van der Waals surface area (Å²) in [7, 11) is 3.08. The lowest BCUT2D eigenvalue weighted by atomic mass is 10.1. The molecule has 1 aliphatic heterocycles. The van der Waals surface area contributed by atoms with E-state index in [4.69, 9.17) is 9.47 Å². The molecule has 2 amide bonds. The summed E-state index contributed by atoms with van der Waals surface area (Å²) in [4.78, 5) is 31.7. The Labute approximate surface area is 168 Å². The number of carbonyl (C=O) groups is 2. The summed E-state index contributed by atoms with van der Waals surface area (Å²) in [6, 6.07) is 4.60. The Morgan fingerprint density at radius 2 is 2.07 bits per heavy atom. The van der Waals surface area contributed by atoms with Crippen molar-refractivity contribution in [3.05, 3.63) is 39.8 Å². The highest BCUT2D eigenvalue weighted by Gasteiger charge is 2.34. The number of carbonyl (C=O) groups excluding carboxylic acids is 2. The first kappa shape index (κ1) is 20.1. The minimum atomic E-state index is -0.447. The Morgan fingerprint density at radius 1 is 1.29 bits per heavy atom. The van der Waals surface area contributed by atoms with Crippen LogP contribution in [-0.2, 0) is 11.2 Å². The van der Waals surface area contributed by atoms with E-state index >= 15 is 0 Å². The van der Waals surface area contributed by atoms with E-state index in [9.17, 15) is 9.59 Å². The Hall–Kier alpha value is -2.61. The zero-order chi connectivity index (χ0) is 20.1. The van der Waals surface area contributed by atoms with E-state index in [1.807, 2.05) is 12.3 Å². The van der Waals surface area contributed by atoms with E-state index in [1.54, 1.807) is 41.5 Å². The van der Waals surface area contributed by atoms with E-state index in [1.165, 1.54) is 7.11 Å². The van der Waals surface area contributed by atoms with Gasteiger partial charge >= 0.3 is 0 Å². The molecule has 1 atom stereocenters. The van der Waals surface area contributed by atoms with Crippen molar-refractivity contribution in [2.45, 2.75) is 32.2 Å². The molecule has 2 aromatic rings. The molecule has 1 N–H and O–H groups in total. The molecule has 0 aliphatic carbocycles. The van der Waals surface area contributed by atoms with E-state index in [0.29, 0.717) is 43.0 Å². The van der Waals surface area contributed by atoms with Gasteiger partial charge in [-0.25, -0.2) is 4.98 Å². The SMILES string of the molecule is COc1ccc(C(=O)N2CCC[C@@H]2C(=O)NCCc2csc(C)n2)cc1OC. The number of likely N-dealkylation sites (tertiary alicyclic amines) is 1. The molecule has 3 rings (SSSR count). The summed E-state index contributed by atoms with van der Waals surface area (Å²) >= 11 is 1.60. The number of rotatable bonds is 7.